The highest BCUT2D eigenvalue weighted by Gasteiger charge is 2.09. The molecule has 20 heavy (non-hydrogen) atoms. The average molecular weight is 289 g/mol. The van der Waals surface area contributed by atoms with Crippen LogP contribution in [0.25, 0.3) is 10.2 Å². The van der Waals surface area contributed by atoms with Crippen molar-refractivity contribution in [3.63, 3.8) is 0 Å². The smallest absolute Gasteiger partial charge is 0.268 e. The van der Waals surface area contributed by atoms with Gasteiger partial charge in [0.05, 0.1) is 12.1 Å². The molecule has 0 bridgehead atoms. The average Bonchev–Trinajstić information content (AvgIpc) is 2.87. The van der Waals surface area contributed by atoms with E-state index in [-0.39, 0.29) is 18.0 Å². The summed E-state index contributed by atoms with van der Waals surface area (Å²) in [5.74, 6) is 0.340. The number of amides is 1. The van der Waals surface area contributed by atoms with Crippen LogP contribution in [0.15, 0.2) is 40.5 Å². The standard InChI is InChI=1S/C14H15N3O2S/c1-3-4-5-6-12(18)17(2)9-11-15-10-7-8-20-13(10)14(19)16-11/h3-8H,9H2,1-2H3,(H,15,16,19). The molecule has 0 saturated heterocycles. The predicted octanol–water partition coefficient (Wildman–Crippen LogP) is 2.08. The van der Waals surface area contributed by atoms with Gasteiger partial charge in [-0.15, -0.1) is 11.3 Å². The molecule has 0 spiro atoms. The third kappa shape index (κ3) is 3.21. The number of likely N-dealkylation sites (N-methyl/N-ethyl adjacent to an activating group) is 1. The summed E-state index contributed by atoms with van der Waals surface area (Å²) in [7, 11) is 1.67. The van der Waals surface area contributed by atoms with Crippen LogP contribution in [0.2, 0.25) is 0 Å². The van der Waals surface area contributed by atoms with E-state index in [2.05, 4.69) is 9.97 Å². The highest BCUT2D eigenvalue weighted by Crippen LogP contribution is 2.13. The first kappa shape index (κ1) is 14.2. The van der Waals surface area contributed by atoms with Gasteiger partial charge in [-0.05, 0) is 18.4 Å². The fraction of sp³-hybridized carbons (Fsp3) is 0.214. The third-order valence-electron chi connectivity index (χ3n) is 2.67. The molecule has 2 aromatic rings. The topological polar surface area (TPSA) is 66.1 Å². The Bertz CT molecular complexity index is 727. The van der Waals surface area contributed by atoms with Crippen molar-refractivity contribution in [3.8, 4) is 0 Å². The molecule has 0 saturated carbocycles. The van der Waals surface area contributed by atoms with Crippen molar-refractivity contribution in [1.82, 2.24) is 14.9 Å². The summed E-state index contributed by atoms with van der Waals surface area (Å²) in [6.45, 7) is 2.14. The quantitative estimate of drug-likeness (QED) is 0.692. The van der Waals surface area contributed by atoms with E-state index in [0.717, 1.165) is 0 Å². The number of carbonyl (C=O) groups excluding carboxylic acids is 1. The summed E-state index contributed by atoms with van der Waals surface area (Å²) in [4.78, 5) is 32.2. The second-order valence-electron chi connectivity index (χ2n) is 4.23. The van der Waals surface area contributed by atoms with Gasteiger partial charge in [0.2, 0.25) is 5.91 Å². The summed E-state index contributed by atoms with van der Waals surface area (Å²) in [5, 5.41) is 1.82. The van der Waals surface area contributed by atoms with Crippen LogP contribution in [0.5, 0.6) is 0 Å². The zero-order valence-electron chi connectivity index (χ0n) is 11.3. The number of thiophene rings is 1. The Kier molecular flexibility index (Phi) is 4.47. The Balaban J connectivity index is 2.15. The zero-order valence-corrected chi connectivity index (χ0v) is 12.1. The molecule has 5 nitrogen and oxygen atoms in total. The van der Waals surface area contributed by atoms with Crippen molar-refractivity contribution < 1.29 is 4.79 Å². The van der Waals surface area contributed by atoms with E-state index < -0.39 is 0 Å². The Morgan fingerprint density at radius 1 is 1.50 bits per heavy atom. The molecule has 1 N–H and O–H groups in total. The second-order valence-corrected chi connectivity index (χ2v) is 5.14. The number of fused-ring (bicyclic) bond motifs is 1. The minimum atomic E-state index is -0.162. The van der Waals surface area contributed by atoms with Crippen LogP contribution >= 0.6 is 11.3 Å². The molecule has 0 atom stereocenters. The number of hydrogen-bond acceptors (Lipinski definition) is 4. The summed E-state index contributed by atoms with van der Waals surface area (Å²) >= 11 is 1.36. The lowest BCUT2D eigenvalue weighted by atomic mass is 10.4. The van der Waals surface area contributed by atoms with Gasteiger partial charge in [0.1, 0.15) is 10.5 Å². The van der Waals surface area contributed by atoms with Gasteiger partial charge in [-0.3, -0.25) is 9.59 Å². The Hall–Kier alpha value is -2.21. The lowest BCUT2D eigenvalue weighted by molar-refractivity contribution is -0.125. The van der Waals surface area contributed by atoms with Gasteiger partial charge < -0.3 is 9.88 Å². The molecule has 0 unspecified atom stereocenters. The number of carbonyl (C=O) groups is 1. The van der Waals surface area contributed by atoms with Crippen LogP contribution in [0.4, 0.5) is 0 Å². The molecule has 0 aliphatic heterocycles. The van der Waals surface area contributed by atoms with Gasteiger partial charge in [0.15, 0.2) is 0 Å². The van der Waals surface area contributed by atoms with E-state index >= 15 is 0 Å². The third-order valence-corrected chi connectivity index (χ3v) is 3.57. The molecular formula is C14H15N3O2S. The summed E-state index contributed by atoms with van der Waals surface area (Å²) in [6, 6.07) is 1.80. The van der Waals surface area contributed by atoms with E-state index in [1.54, 1.807) is 25.3 Å². The molecule has 0 fully saturated rings. The minimum absolute atomic E-state index is 0.142. The van der Waals surface area contributed by atoms with Crippen molar-refractivity contribution in [2.45, 2.75) is 13.5 Å². The van der Waals surface area contributed by atoms with Crippen molar-refractivity contribution in [1.29, 1.82) is 0 Å². The number of nitrogens with zero attached hydrogens (tertiary/aromatic N) is 2. The number of H-pyrrole nitrogens is 1. The number of nitrogens with one attached hydrogen (secondary N) is 1. The molecule has 2 aromatic heterocycles. The van der Waals surface area contributed by atoms with Crippen molar-refractivity contribution >= 4 is 27.5 Å². The zero-order chi connectivity index (χ0) is 14.5. The number of rotatable bonds is 4. The Labute approximate surface area is 120 Å². The Morgan fingerprint density at radius 2 is 2.30 bits per heavy atom. The molecule has 6 heteroatoms. The molecule has 2 heterocycles. The van der Waals surface area contributed by atoms with Gasteiger partial charge in [0, 0.05) is 13.1 Å². The summed E-state index contributed by atoms with van der Waals surface area (Å²) < 4.78 is 0.607. The van der Waals surface area contributed by atoms with E-state index in [1.807, 2.05) is 18.4 Å². The molecule has 0 aliphatic rings. The van der Waals surface area contributed by atoms with Crippen LogP contribution in [-0.2, 0) is 11.3 Å². The van der Waals surface area contributed by atoms with Crippen LogP contribution in [0.1, 0.15) is 12.7 Å². The SMILES string of the molecule is CC=CC=CC(=O)N(C)Cc1nc2ccsc2c(=O)[nH]1. The maximum atomic E-state index is 11.8. The van der Waals surface area contributed by atoms with E-state index in [4.69, 9.17) is 0 Å². The highest BCUT2D eigenvalue weighted by atomic mass is 32.1. The minimum Gasteiger partial charge on any atom is -0.335 e. The fourth-order valence-electron chi connectivity index (χ4n) is 1.68. The second kappa shape index (κ2) is 6.29. The Morgan fingerprint density at radius 3 is 3.05 bits per heavy atom. The van der Waals surface area contributed by atoms with Gasteiger partial charge >= 0.3 is 0 Å². The lowest BCUT2D eigenvalue weighted by Crippen LogP contribution is -2.26. The summed E-state index contributed by atoms with van der Waals surface area (Å²) in [5.41, 5.74) is 0.504. The van der Waals surface area contributed by atoms with Crippen molar-refractivity contribution in [3.05, 3.63) is 51.9 Å². The first-order valence-corrected chi connectivity index (χ1v) is 7.00. The monoisotopic (exact) mass is 289 g/mol. The van der Waals surface area contributed by atoms with Gasteiger partial charge in [0.25, 0.3) is 5.56 Å². The number of hydrogen-bond donors (Lipinski definition) is 1. The maximum Gasteiger partial charge on any atom is 0.268 e. The molecule has 104 valence electrons. The van der Waals surface area contributed by atoms with Crippen LogP contribution in [-0.4, -0.2) is 27.8 Å². The number of aromatic nitrogens is 2. The molecule has 0 aliphatic carbocycles. The number of aromatic amines is 1. The van der Waals surface area contributed by atoms with Crippen LogP contribution in [0, 0.1) is 0 Å². The van der Waals surface area contributed by atoms with Crippen LogP contribution < -0.4 is 5.56 Å². The van der Waals surface area contributed by atoms with E-state index in [0.29, 0.717) is 16.0 Å². The van der Waals surface area contributed by atoms with Gasteiger partial charge in [-0.25, -0.2) is 4.98 Å². The van der Waals surface area contributed by atoms with Crippen molar-refractivity contribution in [2.24, 2.45) is 0 Å². The first-order valence-electron chi connectivity index (χ1n) is 6.12. The predicted molar refractivity (Wildman–Crippen MR) is 80.7 cm³/mol. The molecule has 1 amide bonds. The van der Waals surface area contributed by atoms with Gasteiger partial charge in [-0.2, -0.15) is 0 Å². The fourth-order valence-corrected chi connectivity index (χ4v) is 2.40. The number of allylic oxidation sites excluding steroid dienone is 3. The maximum absolute atomic E-state index is 11.8. The summed E-state index contributed by atoms with van der Waals surface area (Å²) in [6.07, 6.45) is 6.77. The molecule has 0 radical (unpaired) electrons. The van der Waals surface area contributed by atoms with Gasteiger partial charge in [-0.1, -0.05) is 18.2 Å². The highest BCUT2D eigenvalue weighted by molar-refractivity contribution is 7.17. The molecule has 0 aromatic carbocycles. The molecule has 2 rings (SSSR count). The van der Waals surface area contributed by atoms with E-state index in [1.165, 1.54) is 22.3 Å². The largest absolute Gasteiger partial charge is 0.335 e. The normalized spacial score (nSPS) is 11.7. The lowest BCUT2D eigenvalue weighted by Gasteiger charge is -2.14. The molecular weight excluding hydrogens is 274 g/mol. The van der Waals surface area contributed by atoms with Crippen molar-refractivity contribution in [2.75, 3.05) is 7.05 Å². The first-order chi connectivity index (χ1) is 9.61. The van der Waals surface area contributed by atoms with E-state index in [9.17, 15) is 9.59 Å². The van der Waals surface area contributed by atoms with Crippen LogP contribution in [0.3, 0.4) is 0 Å².